The summed E-state index contributed by atoms with van der Waals surface area (Å²) in [7, 11) is 0. The van der Waals surface area contributed by atoms with Crippen molar-refractivity contribution < 1.29 is 27.3 Å². The second-order valence-electron chi connectivity index (χ2n) is 6.35. The van der Waals surface area contributed by atoms with E-state index in [0.29, 0.717) is 0 Å². The van der Waals surface area contributed by atoms with Gasteiger partial charge in [-0.15, -0.1) is 0 Å². The summed E-state index contributed by atoms with van der Waals surface area (Å²) in [4.78, 5) is 22.5. The van der Waals surface area contributed by atoms with Crippen LogP contribution in [0.15, 0.2) is 64.1 Å². The third kappa shape index (κ3) is 5.85. The van der Waals surface area contributed by atoms with Crippen molar-refractivity contribution in [3.05, 3.63) is 81.1 Å². The first kappa shape index (κ1) is 22.8. The van der Waals surface area contributed by atoms with Gasteiger partial charge < -0.3 is 9.73 Å². The van der Waals surface area contributed by atoms with Gasteiger partial charge in [0.25, 0.3) is 11.6 Å². The van der Waals surface area contributed by atoms with Crippen LogP contribution in [-0.2, 0) is 11.0 Å². The zero-order valence-electron chi connectivity index (χ0n) is 16.0. The van der Waals surface area contributed by atoms with Crippen LogP contribution in [0.25, 0.3) is 11.3 Å². The summed E-state index contributed by atoms with van der Waals surface area (Å²) >= 11 is 5.79. The van der Waals surface area contributed by atoms with E-state index in [1.165, 1.54) is 48.7 Å². The molecule has 0 aliphatic rings. The van der Waals surface area contributed by atoms with E-state index in [2.05, 4.69) is 15.8 Å². The monoisotopic (exact) mass is 466 g/mol. The fraction of sp³-hybridized carbons (Fsp3) is 0.100. The molecular formula is C20H14ClF3N4O4. The highest BCUT2D eigenvalue weighted by atomic mass is 35.5. The Labute approximate surface area is 183 Å². The second-order valence-corrected chi connectivity index (χ2v) is 6.78. The Morgan fingerprint density at radius 1 is 1.19 bits per heavy atom. The van der Waals surface area contributed by atoms with Gasteiger partial charge in [-0.05, 0) is 42.5 Å². The molecule has 0 spiro atoms. The number of halogens is 4. The number of hydrogen-bond acceptors (Lipinski definition) is 6. The van der Waals surface area contributed by atoms with Crippen molar-refractivity contribution in [2.45, 2.75) is 6.18 Å². The Kier molecular flexibility index (Phi) is 6.79. The lowest BCUT2D eigenvalue weighted by Gasteiger charge is -2.09. The Morgan fingerprint density at radius 2 is 1.97 bits per heavy atom. The molecule has 2 N–H and O–H groups in total. The SMILES string of the molecule is O=C(CNc1cccc(C(F)(F)F)c1)N/N=C\c1ccc(-c2ccc(Cl)cc2[N+](=O)[O-])o1. The number of carbonyl (C=O) groups excluding carboxylic acids is 1. The molecular weight excluding hydrogens is 453 g/mol. The molecule has 0 unspecified atom stereocenters. The van der Waals surface area contributed by atoms with Gasteiger partial charge in [-0.1, -0.05) is 17.7 Å². The molecule has 0 aliphatic carbocycles. The summed E-state index contributed by atoms with van der Waals surface area (Å²) in [5, 5.41) is 17.7. The van der Waals surface area contributed by atoms with Crippen LogP contribution in [-0.4, -0.2) is 23.6 Å². The summed E-state index contributed by atoms with van der Waals surface area (Å²) in [6.07, 6.45) is -3.31. The lowest BCUT2D eigenvalue weighted by atomic mass is 10.1. The summed E-state index contributed by atoms with van der Waals surface area (Å²) in [5.41, 5.74) is 1.46. The van der Waals surface area contributed by atoms with E-state index in [4.69, 9.17) is 16.0 Å². The first-order valence-corrected chi connectivity index (χ1v) is 9.28. The number of nitro groups is 1. The van der Waals surface area contributed by atoms with E-state index in [1.807, 2.05) is 0 Å². The van der Waals surface area contributed by atoms with Crippen molar-refractivity contribution in [2.75, 3.05) is 11.9 Å². The number of anilines is 1. The minimum atomic E-state index is -4.49. The Morgan fingerprint density at radius 3 is 2.69 bits per heavy atom. The average molecular weight is 467 g/mol. The maximum Gasteiger partial charge on any atom is 0.416 e. The smallest absolute Gasteiger partial charge is 0.416 e. The summed E-state index contributed by atoms with van der Waals surface area (Å²) < 4.78 is 43.6. The molecule has 3 rings (SSSR count). The van der Waals surface area contributed by atoms with Gasteiger partial charge in [0, 0.05) is 16.8 Å². The molecule has 2 aromatic carbocycles. The topological polar surface area (TPSA) is 110 Å². The van der Waals surface area contributed by atoms with Crippen LogP contribution in [0.5, 0.6) is 0 Å². The van der Waals surface area contributed by atoms with Crippen LogP contribution in [0, 0.1) is 10.1 Å². The van der Waals surface area contributed by atoms with Gasteiger partial charge in [-0.25, -0.2) is 5.43 Å². The number of nitrogens with zero attached hydrogens (tertiary/aromatic N) is 2. The number of nitro benzene ring substituents is 1. The molecule has 166 valence electrons. The quantitative estimate of drug-likeness (QED) is 0.286. The van der Waals surface area contributed by atoms with Crippen LogP contribution in [0.3, 0.4) is 0 Å². The van der Waals surface area contributed by atoms with E-state index in [9.17, 15) is 28.1 Å². The second kappa shape index (κ2) is 9.52. The van der Waals surface area contributed by atoms with Gasteiger partial charge >= 0.3 is 6.18 Å². The Bertz CT molecular complexity index is 1180. The van der Waals surface area contributed by atoms with Crippen molar-refractivity contribution >= 4 is 35.1 Å². The third-order valence-electron chi connectivity index (χ3n) is 4.07. The number of alkyl halides is 3. The van der Waals surface area contributed by atoms with Crippen molar-refractivity contribution in [1.29, 1.82) is 0 Å². The average Bonchev–Trinajstić information content (AvgIpc) is 3.20. The fourth-order valence-corrected chi connectivity index (χ4v) is 2.79. The number of amides is 1. The number of furan rings is 1. The van der Waals surface area contributed by atoms with Crippen LogP contribution in [0.2, 0.25) is 5.02 Å². The predicted octanol–water partition coefficient (Wildman–Crippen LogP) is 5.09. The minimum absolute atomic E-state index is 0.124. The fourth-order valence-electron chi connectivity index (χ4n) is 2.63. The molecule has 1 heterocycles. The van der Waals surface area contributed by atoms with Gasteiger partial charge in [0.05, 0.1) is 28.8 Å². The predicted molar refractivity (Wildman–Crippen MR) is 111 cm³/mol. The standard InChI is InChI=1S/C20H14ClF3N4O4/c21-13-4-6-16(17(9-13)28(30)31)18-7-5-15(32-18)10-26-27-19(29)11-25-14-3-1-2-12(8-14)20(22,23)24/h1-10,25H,11H2,(H,27,29)/b26-10-. The number of benzene rings is 2. The number of rotatable bonds is 7. The first-order chi connectivity index (χ1) is 15.1. The van der Waals surface area contributed by atoms with E-state index >= 15 is 0 Å². The largest absolute Gasteiger partial charge is 0.455 e. The lowest BCUT2D eigenvalue weighted by molar-refractivity contribution is -0.384. The van der Waals surface area contributed by atoms with Gasteiger partial charge in [-0.3, -0.25) is 14.9 Å². The zero-order chi connectivity index (χ0) is 23.3. The van der Waals surface area contributed by atoms with E-state index in [0.717, 1.165) is 12.1 Å². The Balaban J connectivity index is 1.58. The van der Waals surface area contributed by atoms with E-state index < -0.39 is 22.6 Å². The molecule has 0 radical (unpaired) electrons. The normalized spacial score (nSPS) is 11.5. The van der Waals surface area contributed by atoms with E-state index in [-0.39, 0.29) is 40.0 Å². The summed E-state index contributed by atoms with van der Waals surface area (Å²) in [5.74, 6) is -0.207. The maximum atomic E-state index is 12.7. The van der Waals surface area contributed by atoms with E-state index in [1.54, 1.807) is 0 Å². The maximum absolute atomic E-state index is 12.7. The van der Waals surface area contributed by atoms with Crippen molar-refractivity contribution in [1.82, 2.24) is 5.43 Å². The van der Waals surface area contributed by atoms with Crippen LogP contribution >= 0.6 is 11.6 Å². The number of hydrazone groups is 1. The third-order valence-corrected chi connectivity index (χ3v) is 4.31. The number of hydrogen-bond donors (Lipinski definition) is 2. The number of carbonyl (C=O) groups is 1. The molecule has 1 aromatic heterocycles. The molecule has 0 saturated heterocycles. The molecule has 0 bridgehead atoms. The minimum Gasteiger partial charge on any atom is -0.455 e. The first-order valence-electron chi connectivity index (χ1n) is 8.90. The molecule has 3 aromatic rings. The van der Waals surface area contributed by atoms with Crippen molar-refractivity contribution in [3.8, 4) is 11.3 Å². The van der Waals surface area contributed by atoms with Gasteiger partial charge in [0.2, 0.25) is 0 Å². The van der Waals surface area contributed by atoms with Gasteiger partial charge in [0.1, 0.15) is 11.5 Å². The van der Waals surface area contributed by atoms with Gasteiger partial charge in [0.15, 0.2) is 0 Å². The van der Waals surface area contributed by atoms with Crippen LogP contribution in [0.4, 0.5) is 24.5 Å². The molecule has 32 heavy (non-hydrogen) atoms. The lowest BCUT2D eigenvalue weighted by Crippen LogP contribution is -2.26. The van der Waals surface area contributed by atoms with Crippen LogP contribution in [0.1, 0.15) is 11.3 Å². The van der Waals surface area contributed by atoms with Crippen LogP contribution < -0.4 is 10.7 Å². The zero-order valence-corrected chi connectivity index (χ0v) is 16.8. The molecule has 0 aliphatic heterocycles. The molecule has 1 amide bonds. The summed E-state index contributed by atoms with van der Waals surface area (Å²) in [6.45, 7) is -0.320. The highest BCUT2D eigenvalue weighted by Gasteiger charge is 2.30. The van der Waals surface area contributed by atoms with Gasteiger partial charge in [-0.2, -0.15) is 18.3 Å². The van der Waals surface area contributed by atoms with Crippen molar-refractivity contribution in [2.24, 2.45) is 5.10 Å². The number of nitrogens with one attached hydrogen (secondary N) is 2. The highest BCUT2D eigenvalue weighted by Crippen LogP contribution is 2.33. The van der Waals surface area contributed by atoms with Crippen molar-refractivity contribution in [3.63, 3.8) is 0 Å². The molecule has 12 heteroatoms. The molecule has 8 nitrogen and oxygen atoms in total. The molecule has 0 atom stereocenters. The molecule has 0 fully saturated rings. The molecule has 0 saturated carbocycles. The highest BCUT2D eigenvalue weighted by molar-refractivity contribution is 6.30. The Hall–Kier alpha value is -3.86. The summed E-state index contributed by atoms with van der Waals surface area (Å²) in [6, 6.07) is 11.5.